The highest BCUT2D eigenvalue weighted by Gasteiger charge is 2.32. The first kappa shape index (κ1) is 19.2. The fraction of sp³-hybridized carbons (Fsp3) is 0.867. The van der Waals surface area contributed by atoms with Crippen molar-refractivity contribution >= 4 is 24.2 Å². The van der Waals surface area contributed by atoms with Gasteiger partial charge in [-0.1, -0.05) is 0 Å². The predicted octanol–water partition coefficient (Wildman–Crippen LogP) is 0.681. The van der Waals surface area contributed by atoms with E-state index in [1.807, 2.05) is 4.90 Å². The van der Waals surface area contributed by atoms with Crippen LogP contribution in [0.1, 0.15) is 38.5 Å². The van der Waals surface area contributed by atoms with Gasteiger partial charge in [0.2, 0.25) is 11.8 Å². The summed E-state index contributed by atoms with van der Waals surface area (Å²) in [6.07, 6.45) is 5.35. The minimum Gasteiger partial charge on any atom is -0.381 e. The molecular formula is C15H28ClN3O3. The smallest absolute Gasteiger partial charge is 0.228 e. The number of amides is 2. The number of halogens is 1. The largest absolute Gasteiger partial charge is 0.381 e. The van der Waals surface area contributed by atoms with Crippen LogP contribution in [-0.2, 0) is 14.3 Å². The Morgan fingerprint density at radius 2 is 2.05 bits per heavy atom. The van der Waals surface area contributed by atoms with Crippen LogP contribution in [-0.4, -0.2) is 55.6 Å². The monoisotopic (exact) mass is 333 g/mol. The summed E-state index contributed by atoms with van der Waals surface area (Å²) in [6.45, 7) is 3.01. The average Bonchev–Trinajstić information content (AvgIpc) is 2.54. The fourth-order valence-electron chi connectivity index (χ4n) is 3.12. The zero-order valence-corrected chi connectivity index (χ0v) is 13.9. The first-order chi connectivity index (χ1) is 10.2. The maximum absolute atomic E-state index is 12.6. The summed E-state index contributed by atoms with van der Waals surface area (Å²) in [6, 6.07) is 0.120. The summed E-state index contributed by atoms with van der Waals surface area (Å²) < 4.78 is 5.43. The molecule has 2 fully saturated rings. The van der Waals surface area contributed by atoms with Gasteiger partial charge in [-0.15, -0.1) is 12.4 Å². The lowest BCUT2D eigenvalue weighted by Gasteiger charge is -2.38. The van der Waals surface area contributed by atoms with Crippen LogP contribution in [0, 0.1) is 5.92 Å². The number of piperidine rings is 1. The normalized spacial score (nSPS) is 25.2. The molecule has 128 valence electrons. The summed E-state index contributed by atoms with van der Waals surface area (Å²) in [4.78, 5) is 26.2. The number of carbonyl (C=O) groups is 2. The molecule has 2 aliphatic heterocycles. The molecule has 22 heavy (non-hydrogen) atoms. The van der Waals surface area contributed by atoms with Gasteiger partial charge in [0, 0.05) is 38.7 Å². The number of hydrogen-bond donors (Lipinski definition) is 2. The van der Waals surface area contributed by atoms with E-state index >= 15 is 0 Å². The van der Waals surface area contributed by atoms with E-state index in [0.717, 1.165) is 45.3 Å². The first-order valence-electron chi connectivity index (χ1n) is 8.07. The van der Waals surface area contributed by atoms with Crippen LogP contribution in [0.15, 0.2) is 0 Å². The number of ether oxygens (including phenoxy) is 1. The van der Waals surface area contributed by atoms with Gasteiger partial charge in [-0.25, -0.2) is 0 Å². The molecule has 0 saturated carbocycles. The van der Waals surface area contributed by atoms with E-state index in [-0.39, 0.29) is 36.2 Å². The molecule has 2 aliphatic rings. The maximum atomic E-state index is 12.6. The van der Waals surface area contributed by atoms with Crippen molar-refractivity contribution in [2.24, 2.45) is 11.7 Å². The molecule has 0 radical (unpaired) electrons. The second-order valence-corrected chi connectivity index (χ2v) is 5.94. The van der Waals surface area contributed by atoms with E-state index in [1.54, 1.807) is 0 Å². The number of nitrogens with zero attached hydrogens (tertiary/aromatic N) is 1. The van der Waals surface area contributed by atoms with Gasteiger partial charge in [-0.05, 0) is 32.1 Å². The Hall–Kier alpha value is -0.850. The fourth-order valence-corrected chi connectivity index (χ4v) is 3.12. The van der Waals surface area contributed by atoms with Gasteiger partial charge in [0.05, 0.1) is 12.5 Å². The van der Waals surface area contributed by atoms with Crippen molar-refractivity contribution in [1.29, 1.82) is 0 Å². The molecule has 2 unspecified atom stereocenters. The first-order valence-corrected chi connectivity index (χ1v) is 8.07. The Morgan fingerprint density at radius 1 is 1.23 bits per heavy atom. The molecule has 0 aromatic rings. The molecule has 2 amide bonds. The molecule has 0 aromatic heterocycles. The summed E-state index contributed by atoms with van der Waals surface area (Å²) in [5.74, 6) is 0.169. The molecule has 0 aliphatic carbocycles. The van der Waals surface area contributed by atoms with Crippen LogP contribution >= 0.6 is 12.4 Å². The van der Waals surface area contributed by atoms with Gasteiger partial charge in [-0.3, -0.25) is 9.59 Å². The summed E-state index contributed by atoms with van der Waals surface area (Å²) >= 11 is 0. The predicted molar refractivity (Wildman–Crippen MR) is 86.8 cm³/mol. The van der Waals surface area contributed by atoms with Crippen molar-refractivity contribution in [3.63, 3.8) is 0 Å². The highest BCUT2D eigenvalue weighted by Crippen LogP contribution is 2.23. The van der Waals surface area contributed by atoms with Gasteiger partial charge in [0.25, 0.3) is 0 Å². The van der Waals surface area contributed by atoms with Crippen LogP contribution in [0.5, 0.6) is 0 Å². The van der Waals surface area contributed by atoms with E-state index in [4.69, 9.17) is 10.5 Å². The minimum atomic E-state index is -0.0310. The Kier molecular flexibility index (Phi) is 8.75. The molecule has 6 nitrogen and oxygen atoms in total. The van der Waals surface area contributed by atoms with Crippen LogP contribution < -0.4 is 11.1 Å². The number of carbonyl (C=O) groups excluding carboxylic acids is 2. The third-order valence-corrected chi connectivity index (χ3v) is 4.33. The van der Waals surface area contributed by atoms with Crippen molar-refractivity contribution in [2.45, 2.75) is 44.6 Å². The second-order valence-electron chi connectivity index (χ2n) is 5.94. The molecule has 0 aromatic carbocycles. The SMILES string of the molecule is Cl.NCCC(=O)NCC1CCCCN1C(=O)C1CCCOC1. The molecule has 3 N–H and O–H groups in total. The van der Waals surface area contributed by atoms with Crippen LogP contribution in [0.2, 0.25) is 0 Å². The zero-order chi connectivity index (χ0) is 15.1. The van der Waals surface area contributed by atoms with Crippen LogP contribution in [0.25, 0.3) is 0 Å². The highest BCUT2D eigenvalue weighted by atomic mass is 35.5. The van der Waals surface area contributed by atoms with E-state index in [9.17, 15) is 9.59 Å². The van der Waals surface area contributed by atoms with Crippen molar-refractivity contribution in [3.8, 4) is 0 Å². The van der Waals surface area contributed by atoms with Crippen molar-refractivity contribution in [2.75, 3.05) is 32.8 Å². The van der Waals surface area contributed by atoms with Crippen LogP contribution in [0.4, 0.5) is 0 Å². The van der Waals surface area contributed by atoms with E-state index in [2.05, 4.69) is 5.32 Å². The molecular weight excluding hydrogens is 306 g/mol. The Morgan fingerprint density at radius 3 is 2.73 bits per heavy atom. The third kappa shape index (κ3) is 5.41. The number of nitrogens with one attached hydrogen (secondary N) is 1. The van der Waals surface area contributed by atoms with Gasteiger partial charge < -0.3 is 20.7 Å². The van der Waals surface area contributed by atoms with Gasteiger partial charge in [0.15, 0.2) is 0 Å². The molecule has 0 spiro atoms. The second kappa shape index (κ2) is 10.0. The van der Waals surface area contributed by atoms with E-state index in [1.165, 1.54) is 0 Å². The molecule has 2 rings (SSSR count). The number of rotatable bonds is 5. The lowest BCUT2D eigenvalue weighted by atomic mass is 9.96. The van der Waals surface area contributed by atoms with Crippen LogP contribution in [0.3, 0.4) is 0 Å². The topological polar surface area (TPSA) is 84.7 Å². The van der Waals surface area contributed by atoms with E-state index in [0.29, 0.717) is 26.1 Å². The molecule has 2 heterocycles. The summed E-state index contributed by atoms with van der Waals surface area (Å²) in [7, 11) is 0. The lowest BCUT2D eigenvalue weighted by Crippen LogP contribution is -2.52. The van der Waals surface area contributed by atoms with Crippen molar-refractivity contribution in [1.82, 2.24) is 10.2 Å². The molecule has 7 heteroatoms. The summed E-state index contributed by atoms with van der Waals surface area (Å²) in [5.41, 5.74) is 5.37. The molecule has 2 atom stereocenters. The minimum absolute atomic E-state index is 0. The van der Waals surface area contributed by atoms with Crippen molar-refractivity contribution < 1.29 is 14.3 Å². The van der Waals surface area contributed by atoms with Gasteiger partial charge in [0.1, 0.15) is 0 Å². The number of hydrogen-bond acceptors (Lipinski definition) is 4. The summed E-state index contributed by atoms with van der Waals surface area (Å²) in [5, 5.41) is 2.90. The Bertz CT molecular complexity index is 362. The van der Waals surface area contributed by atoms with Gasteiger partial charge in [-0.2, -0.15) is 0 Å². The standard InChI is InChI=1S/C15H27N3O3.ClH/c16-7-6-14(19)17-10-13-5-1-2-8-18(13)15(20)12-4-3-9-21-11-12;/h12-13H,1-11,16H2,(H,17,19);1H. The molecule has 2 saturated heterocycles. The quantitative estimate of drug-likeness (QED) is 0.775. The lowest BCUT2D eigenvalue weighted by molar-refractivity contribution is -0.143. The number of nitrogens with two attached hydrogens (primary N) is 1. The van der Waals surface area contributed by atoms with Gasteiger partial charge >= 0.3 is 0 Å². The number of likely N-dealkylation sites (tertiary alicyclic amines) is 1. The zero-order valence-electron chi connectivity index (χ0n) is 13.1. The third-order valence-electron chi connectivity index (χ3n) is 4.33. The average molecular weight is 334 g/mol. The molecule has 0 bridgehead atoms. The van der Waals surface area contributed by atoms with E-state index < -0.39 is 0 Å². The van der Waals surface area contributed by atoms with Crippen molar-refractivity contribution in [3.05, 3.63) is 0 Å². The highest BCUT2D eigenvalue weighted by molar-refractivity contribution is 5.85. The maximum Gasteiger partial charge on any atom is 0.228 e. The Balaban J connectivity index is 0.00000242. The Labute approximate surface area is 138 Å².